The number of aromatic nitrogens is 3. The Kier molecular flexibility index (Phi) is 2.33. The highest BCUT2D eigenvalue weighted by molar-refractivity contribution is 5.50. The van der Waals surface area contributed by atoms with Gasteiger partial charge in [0.25, 0.3) is 0 Å². The van der Waals surface area contributed by atoms with Crippen LogP contribution in [0.3, 0.4) is 0 Å². The highest BCUT2D eigenvalue weighted by Crippen LogP contribution is 2.11. The lowest BCUT2D eigenvalue weighted by molar-refractivity contribution is 0.386. The highest BCUT2D eigenvalue weighted by Gasteiger charge is 2.01. The molecule has 0 aliphatic carbocycles. The molecule has 0 saturated heterocycles. The van der Waals surface area contributed by atoms with E-state index in [1.807, 2.05) is 17.6 Å². The molecule has 5 nitrogen and oxygen atoms in total. The summed E-state index contributed by atoms with van der Waals surface area (Å²) in [7, 11) is 0. The quantitative estimate of drug-likeness (QED) is 0.696. The molecule has 0 saturated carbocycles. The van der Waals surface area contributed by atoms with Gasteiger partial charge in [0.05, 0.1) is 0 Å². The molecule has 0 aliphatic heterocycles. The van der Waals surface area contributed by atoms with Crippen LogP contribution < -0.4 is 5.48 Å². The average molecular weight is 188 g/mol. The fraction of sp³-hybridized carbons (Fsp3) is 0. The third-order valence-electron chi connectivity index (χ3n) is 1.66. The van der Waals surface area contributed by atoms with Gasteiger partial charge >= 0.3 is 0 Å². The smallest absolute Gasteiger partial charge is 0.180 e. The van der Waals surface area contributed by atoms with Gasteiger partial charge in [-0.15, -0.1) is 0 Å². The third kappa shape index (κ3) is 1.67. The van der Waals surface area contributed by atoms with E-state index in [4.69, 9.17) is 5.21 Å². The van der Waals surface area contributed by atoms with Crippen LogP contribution in [0.1, 0.15) is 0 Å². The number of nitrogens with one attached hydrogen (secondary N) is 1. The summed E-state index contributed by atoms with van der Waals surface area (Å²) in [5.41, 5.74) is 2.63. The maximum absolute atomic E-state index is 8.65. The standard InChI is InChI=1S/C9H8N4O/c14-13-8-4-6-11-9(12-8)7-3-1-2-5-10-7/h1-6,14H,(H,11,12,13). The molecule has 5 heteroatoms. The molecule has 0 bridgehead atoms. The molecule has 2 aromatic heterocycles. The van der Waals surface area contributed by atoms with Crippen molar-refractivity contribution in [3.63, 3.8) is 0 Å². The zero-order valence-electron chi connectivity index (χ0n) is 7.25. The lowest BCUT2D eigenvalue weighted by Crippen LogP contribution is -1.97. The first-order chi connectivity index (χ1) is 6.90. The summed E-state index contributed by atoms with van der Waals surface area (Å²) in [6, 6.07) is 7.03. The molecule has 2 rings (SSSR count). The minimum Gasteiger partial charge on any atom is -0.290 e. The Bertz CT molecular complexity index is 418. The molecule has 2 N–H and O–H groups in total. The van der Waals surface area contributed by atoms with Crippen LogP contribution in [-0.2, 0) is 0 Å². The predicted octanol–water partition coefficient (Wildman–Crippen LogP) is 1.34. The molecule has 0 spiro atoms. The molecule has 2 aromatic rings. The van der Waals surface area contributed by atoms with Gasteiger partial charge in [-0.1, -0.05) is 6.07 Å². The predicted molar refractivity (Wildman–Crippen MR) is 50.7 cm³/mol. The summed E-state index contributed by atoms with van der Waals surface area (Å²) in [6.07, 6.45) is 3.22. The summed E-state index contributed by atoms with van der Waals surface area (Å²) >= 11 is 0. The van der Waals surface area contributed by atoms with Gasteiger partial charge in [-0.05, 0) is 12.1 Å². The van der Waals surface area contributed by atoms with E-state index in [2.05, 4.69) is 15.0 Å². The SMILES string of the molecule is ONc1ccnc(-c2ccccn2)n1. The minimum atomic E-state index is 0.348. The molecule has 14 heavy (non-hydrogen) atoms. The number of rotatable bonds is 2. The number of pyridine rings is 1. The van der Waals surface area contributed by atoms with Gasteiger partial charge in [-0.2, -0.15) is 0 Å². The summed E-state index contributed by atoms with van der Waals surface area (Å²) in [5, 5.41) is 8.65. The van der Waals surface area contributed by atoms with Crippen LogP contribution in [0, 0.1) is 0 Å². The summed E-state index contributed by atoms with van der Waals surface area (Å²) in [5.74, 6) is 0.824. The largest absolute Gasteiger partial charge is 0.290 e. The third-order valence-corrected chi connectivity index (χ3v) is 1.66. The van der Waals surface area contributed by atoms with E-state index in [0.29, 0.717) is 17.3 Å². The second-order valence-corrected chi connectivity index (χ2v) is 2.59. The lowest BCUT2D eigenvalue weighted by Gasteiger charge is -2.00. The second kappa shape index (κ2) is 3.80. The Labute approximate surface area is 80.4 Å². The van der Waals surface area contributed by atoms with Gasteiger partial charge in [-0.25, -0.2) is 9.97 Å². The Balaban J connectivity index is 2.42. The number of hydrogen-bond acceptors (Lipinski definition) is 5. The highest BCUT2D eigenvalue weighted by atomic mass is 16.5. The van der Waals surface area contributed by atoms with Crippen molar-refractivity contribution >= 4 is 5.82 Å². The number of hydrogen-bond donors (Lipinski definition) is 2. The van der Waals surface area contributed by atoms with Crippen molar-refractivity contribution in [2.45, 2.75) is 0 Å². The van der Waals surface area contributed by atoms with Gasteiger partial charge in [0.2, 0.25) is 0 Å². The molecular formula is C9H8N4O. The zero-order valence-corrected chi connectivity index (χ0v) is 7.25. The molecule has 0 amide bonds. The van der Waals surface area contributed by atoms with Gasteiger partial charge in [0.1, 0.15) is 5.69 Å². The van der Waals surface area contributed by atoms with E-state index in [0.717, 1.165) is 0 Å². The van der Waals surface area contributed by atoms with Crippen molar-refractivity contribution in [3.8, 4) is 11.5 Å². The first kappa shape index (κ1) is 8.58. The van der Waals surface area contributed by atoms with Crippen LogP contribution >= 0.6 is 0 Å². The first-order valence-electron chi connectivity index (χ1n) is 4.05. The van der Waals surface area contributed by atoms with Crippen LogP contribution in [0.2, 0.25) is 0 Å². The van der Waals surface area contributed by atoms with Crippen molar-refractivity contribution in [3.05, 3.63) is 36.7 Å². The second-order valence-electron chi connectivity index (χ2n) is 2.59. The molecule has 0 atom stereocenters. The Morgan fingerprint density at radius 2 is 2.00 bits per heavy atom. The molecule has 2 heterocycles. The maximum Gasteiger partial charge on any atom is 0.180 e. The molecule has 0 aliphatic rings. The van der Waals surface area contributed by atoms with E-state index >= 15 is 0 Å². The molecule has 0 aromatic carbocycles. The van der Waals surface area contributed by atoms with E-state index in [-0.39, 0.29) is 0 Å². The van der Waals surface area contributed by atoms with E-state index in [9.17, 15) is 0 Å². The van der Waals surface area contributed by atoms with Crippen molar-refractivity contribution in [2.24, 2.45) is 0 Å². The number of nitrogens with zero attached hydrogens (tertiary/aromatic N) is 3. The number of anilines is 1. The van der Waals surface area contributed by atoms with Gasteiger partial charge in [0.15, 0.2) is 11.6 Å². The van der Waals surface area contributed by atoms with Crippen LogP contribution in [0.5, 0.6) is 0 Å². The van der Waals surface area contributed by atoms with E-state index < -0.39 is 0 Å². The summed E-state index contributed by atoms with van der Waals surface area (Å²) in [6.45, 7) is 0. The van der Waals surface area contributed by atoms with E-state index in [1.165, 1.54) is 0 Å². The molecule has 0 radical (unpaired) electrons. The normalized spacial score (nSPS) is 9.79. The fourth-order valence-electron chi connectivity index (χ4n) is 1.04. The van der Waals surface area contributed by atoms with E-state index in [1.54, 1.807) is 24.5 Å². The Morgan fingerprint density at radius 1 is 1.07 bits per heavy atom. The maximum atomic E-state index is 8.65. The Morgan fingerprint density at radius 3 is 2.71 bits per heavy atom. The van der Waals surface area contributed by atoms with Crippen molar-refractivity contribution < 1.29 is 5.21 Å². The zero-order chi connectivity index (χ0) is 9.80. The van der Waals surface area contributed by atoms with Crippen LogP contribution in [0.4, 0.5) is 5.82 Å². The molecule has 0 fully saturated rings. The summed E-state index contributed by atoms with van der Waals surface area (Å²) < 4.78 is 0. The minimum absolute atomic E-state index is 0.348. The molecule has 70 valence electrons. The van der Waals surface area contributed by atoms with Crippen LogP contribution in [0.15, 0.2) is 36.7 Å². The van der Waals surface area contributed by atoms with Crippen LogP contribution in [-0.4, -0.2) is 20.2 Å². The Hall–Kier alpha value is -2.01. The first-order valence-corrected chi connectivity index (χ1v) is 4.05. The monoisotopic (exact) mass is 188 g/mol. The fourth-order valence-corrected chi connectivity index (χ4v) is 1.04. The molecular weight excluding hydrogens is 180 g/mol. The van der Waals surface area contributed by atoms with Crippen LogP contribution in [0.25, 0.3) is 11.5 Å². The van der Waals surface area contributed by atoms with Crippen molar-refractivity contribution in [2.75, 3.05) is 5.48 Å². The van der Waals surface area contributed by atoms with Crippen molar-refractivity contribution in [1.29, 1.82) is 0 Å². The summed E-state index contributed by atoms with van der Waals surface area (Å²) in [4.78, 5) is 12.1. The van der Waals surface area contributed by atoms with Gasteiger partial charge < -0.3 is 0 Å². The van der Waals surface area contributed by atoms with Gasteiger partial charge in [0, 0.05) is 18.5 Å². The average Bonchev–Trinajstić information content (AvgIpc) is 2.30. The van der Waals surface area contributed by atoms with Gasteiger partial charge in [-0.3, -0.25) is 15.7 Å². The lowest BCUT2D eigenvalue weighted by atomic mass is 10.3. The molecule has 0 unspecified atom stereocenters. The topological polar surface area (TPSA) is 70.9 Å². The van der Waals surface area contributed by atoms with Crippen molar-refractivity contribution in [1.82, 2.24) is 15.0 Å².